The maximum absolute atomic E-state index is 11.7. The van der Waals surface area contributed by atoms with E-state index in [0.717, 1.165) is 0 Å². The van der Waals surface area contributed by atoms with Crippen molar-refractivity contribution < 1.29 is 24.5 Å². The van der Waals surface area contributed by atoms with E-state index in [1.165, 1.54) is 0 Å². The van der Waals surface area contributed by atoms with E-state index in [0.29, 0.717) is 18.3 Å². The first-order chi connectivity index (χ1) is 9.52. The maximum atomic E-state index is 11.7. The Morgan fingerprint density at radius 1 is 1.30 bits per heavy atom. The maximum Gasteiger partial charge on any atom is 0.370 e. The summed E-state index contributed by atoms with van der Waals surface area (Å²) in [5.74, 6) is -1.36. The largest absolute Gasteiger partial charge is 0.370 e. The lowest BCUT2D eigenvalue weighted by atomic mass is 9.64. The van der Waals surface area contributed by atoms with Crippen molar-refractivity contribution in [3.63, 3.8) is 0 Å². The Labute approximate surface area is 116 Å². The van der Waals surface area contributed by atoms with E-state index in [1.807, 2.05) is 0 Å². The average molecular weight is 279 g/mol. The second-order valence-electron chi connectivity index (χ2n) is 4.57. The van der Waals surface area contributed by atoms with Crippen LogP contribution in [0, 0.1) is 0 Å². The van der Waals surface area contributed by atoms with Gasteiger partial charge in [0.1, 0.15) is 6.29 Å². The molecule has 0 aliphatic heterocycles. The molecule has 1 aromatic carbocycles. The van der Waals surface area contributed by atoms with E-state index >= 15 is 0 Å². The minimum absolute atomic E-state index is 0.141. The van der Waals surface area contributed by atoms with Crippen molar-refractivity contribution in [1.29, 1.82) is 0 Å². The van der Waals surface area contributed by atoms with Crippen LogP contribution in [0.3, 0.4) is 0 Å². The summed E-state index contributed by atoms with van der Waals surface area (Å²) >= 11 is 0. The highest BCUT2D eigenvalue weighted by atomic mass is 17.1. The molecule has 0 saturated carbocycles. The van der Waals surface area contributed by atoms with E-state index < -0.39 is 16.9 Å². The highest BCUT2D eigenvalue weighted by molar-refractivity contribution is 6.04. The van der Waals surface area contributed by atoms with E-state index in [2.05, 4.69) is 4.89 Å². The van der Waals surface area contributed by atoms with Gasteiger partial charge in [0.25, 0.3) is 0 Å². The number of aldehydes is 2. The van der Waals surface area contributed by atoms with Crippen LogP contribution in [-0.2, 0) is 24.7 Å². The Kier molecular flexibility index (Phi) is 5.12. The van der Waals surface area contributed by atoms with Crippen molar-refractivity contribution in [3.8, 4) is 0 Å². The number of benzene rings is 1. The molecule has 1 aromatic rings. The highest BCUT2D eigenvalue weighted by Crippen LogP contribution is 2.36. The predicted molar refractivity (Wildman–Crippen MR) is 70.8 cm³/mol. The lowest BCUT2D eigenvalue weighted by Gasteiger charge is -2.38. The van der Waals surface area contributed by atoms with Gasteiger partial charge < -0.3 is 15.3 Å². The SMILES string of the molecule is CCCC(C=O)(c1ccccc1)C(N)(C=O)C(=O)OO. The molecule has 0 fully saturated rings. The van der Waals surface area contributed by atoms with Crippen molar-refractivity contribution in [2.24, 2.45) is 5.73 Å². The summed E-state index contributed by atoms with van der Waals surface area (Å²) in [6, 6.07) is 8.26. The van der Waals surface area contributed by atoms with Crippen LogP contribution >= 0.6 is 0 Å². The molecule has 0 radical (unpaired) electrons. The first-order valence-electron chi connectivity index (χ1n) is 6.15. The molecule has 2 unspecified atom stereocenters. The van der Waals surface area contributed by atoms with Crippen molar-refractivity contribution >= 4 is 18.5 Å². The number of carbonyl (C=O) groups is 3. The van der Waals surface area contributed by atoms with Gasteiger partial charge in [-0.25, -0.2) is 4.79 Å². The third-order valence-corrected chi connectivity index (χ3v) is 3.48. The molecule has 6 heteroatoms. The van der Waals surface area contributed by atoms with Gasteiger partial charge in [-0.05, 0) is 12.0 Å². The topological polar surface area (TPSA) is 107 Å². The summed E-state index contributed by atoms with van der Waals surface area (Å²) in [5.41, 5.74) is 2.36. The Balaban J connectivity index is 3.56. The van der Waals surface area contributed by atoms with E-state index in [1.54, 1.807) is 37.3 Å². The summed E-state index contributed by atoms with van der Waals surface area (Å²) in [4.78, 5) is 38.5. The Bertz CT molecular complexity index is 490. The lowest BCUT2D eigenvalue weighted by Crippen LogP contribution is -2.66. The minimum Gasteiger partial charge on any atom is -0.309 e. The standard InChI is InChI=1S/C14H17NO5/c1-2-8-13(9-16,11-6-4-3-5-7-11)14(15,10-17)12(18)20-19/h3-7,9-10,19H,2,8,15H2,1H3. The monoisotopic (exact) mass is 279 g/mol. The van der Waals surface area contributed by atoms with Crippen LogP contribution < -0.4 is 5.73 Å². The molecule has 0 amide bonds. The molecule has 0 aliphatic carbocycles. The number of nitrogens with two attached hydrogens (primary N) is 1. The first kappa shape index (κ1) is 16.0. The minimum atomic E-state index is -2.29. The van der Waals surface area contributed by atoms with E-state index in [-0.39, 0.29) is 12.7 Å². The van der Waals surface area contributed by atoms with Gasteiger partial charge >= 0.3 is 5.97 Å². The van der Waals surface area contributed by atoms with Crippen LogP contribution in [0.2, 0.25) is 0 Å². The third-order valence-electron chi connectivity index (χ3n) is 3.48. The van der Waals surface area contributed by atoms with Gasteiger partial charge in [0.2, 0.25) is 0 Å². The van der Waals surface area contributed by atoms with Crippen molar-refractivity contribution in [2.75, 3.05) is 0 Å². The number of rotatable bonds is 7. The molecule has 108 valence electrons. The zero-order valence-corrected chi connectivity index (χ0v) is 11.1. The molecular formula is C14H17NO5. The fraction of sp³-hybridized carbons (Fsp3) is 0.357. The zero-order chi connectivity index (χ0) is 15.2. The Morgan fingerprint density at radius 3 is 2.30 bits per heavy atom. The smallest absolute Gasteiger partial charge is 0.309 e. The molecule has 2 atom stereocenters. The number of hydrogen-bond donors (Lipinski definition) is 2. The van der Waals surface area contributed by atoms with Crippen molar-refractivity contribution in [2.45, 2.75) is 30.7 Å². The predicted octanol–water partition coefficient (Wildman–Crippen LogP) is 0.836. The van der Waals surface area contributed by atoms with Crippen LogP contribution in [0.5, 0.6) is 0 Å². The number of carbonyl (C=O) groups excluding carboxylic acids is 3. The van der Waals surface area contributed by atoms with E-state index in [4.69, 9.17) is 11.0 Å². The Morgan fingerprint density at radius 2 is 1.90 bits per heavy atom. The fourth-order valence-corrected chi connectivity index (χ4v) is 2.36. The molecular weight excluding hydrogens is 262 g/mol. The van der Waals surface area contributed by atoms with Gasteiger partial charge in [-0.15, -0.1) is 0 Å². The van der Waals surface area contributed by atoms with Gasteiger partial charge in [0.05, 0.1) is 5.41 Å². The molecule has 0 bridgehead atoms. The van der Waals surface area contributed by atoms with Gasteiger partial charge in [-0.1, -0.05) is 43.7 Å². The summed E-state index contributed by atoms with van der Waals surface area (Å²) in [6.45, 7) is 1.79. The van der Waals surface area contributed by atoms with Crippen molar-refractivity contribution in [3.05, 3.63) is 35.9 Å². The molecule has 0 spiro atoms. The zero-order valence-electron chi connectivity index (χ0n) is 11.1. The molecule has 20 heavy (non-hydrogen) atoms. The molecule has 0 aromatic heterocycles. The summed E-state index contributed by atoms with van der Waals surface area (Å²) in [6.07, 6.45) is 1.27. The molecule has 6 nitrogen and oxygen atoms in total. The van der Waals surface area contributed by atoms with Gasteiger partial charge in [0, 0.05) is 0 Å². The average Bonchev–Trinajstić information content (AvgIpc) is 2.51. The third kappa shape index (κ3) is 2.35. The van der Waals surface area contributed by atoms with Crippen molar-refractivity contribution in [1.82, 2.24) is 0 Å². The molecule has 1 rings (SSSR count). The fourth-order valence-electron chi connectivity index (χ4n) is 2.36. The van der Waals surface area contributed by atoms with Gasteiger partial charge in [-0.3, -0.25) is 4.89 Å². The highest BCUT2D eigenvalue weighted by Gasteiger charge is 2.56. The number of hydrogen-bond acceptors (Lipinski definition) is 6. The molecule has 0 heterocycles. The van der Waals surface area contributed by atoms with Crippen LogP contribution in [0.4, 0.5) is 0 Å². The summed E-state index contributed by atoms with van der Waals surface area (Å²) < 4.78 is 0. The lowest BCUT2D eigenvalue weighted by molar-refractivity contribution is -0.241. The molecule has 3 N–H and O–H groups in total. The van der Waals surface area contributed by atoms with Crippen LogP contribution in [-0.4, -0.2) is 29.3 Å². The quantitative estimate of drug-likeness (QED) is 0.331. The van der Waals surface area contributed by atoms with Gasteiger partial charge in [-0.2, -0.15) is 5.26 Å². The second-order valence-corrected chi connectivity index (χ2v) is 4.57. The summed E-state index contributed by atoms with van der Waals surface area (Å²) in [7, 11) is 0. The summed E-state index contributed by atoms with van der Waals surface area (Å²) in [5, 5.41) is 8.57. The molecule has 0 aliphatic rings. The van der Waals surface area contributed by atoms with Gasteiger partial charge in [0.15, 0.2) is 11.8 Å². The Hall–Kier alpha value is -2.05. The normalized spacial score (nSPS) is 16.6. The second kappa shape index (κ2) is 6.40. The molecule has 0 saturated heterocycles. The van der Waals surface area contributed by atoms with Crippen LogP contribution in [0.15, 0.2) is 30.3 Å². The van der Waals surface area contributed by atoms with E-state index in [9.17, 15) is 14.4 Å². The van der Waals surface area contributed by atoms with Crippen LogP contribution in [0.25, 0.3) is 0 Å². The van der Waals surface area contributed by atoms with Crippen LogP contribution in [0.1, 0.15) is 25.3 Å². The first-order valence-corrected chi connectivity index (χ1v) is 6.15.